The number of aromatic nitrogens is 2. The van der Waals surface area contributed by atoms with Crippen molar-refractivity contribution in [1.82, 2.24) is 15.1 Å². The van der Waals surface area contributed by atoms with E-state index in [0.29, 0.717) is 12.4 Å². The molecule has 3 heterocycles. The van der Waals surface area contributed by atoms with E-state index < -0.39 is 0 Å². The molecule has 0 saturated carbocycles. The number of nitrogens with zero attached hydrogens (tertiary/aromatic N) is 3. The highest BCUT2D eigenvalue weighted by atomic mass is 16.5. The number of carbonyl (C=O) groups is 1. The zero-order valence-electron chi connectivity index (χ0n) is 14.1. The second-order valence-electron chi connectivity index (χ2n) is 6.68. The highest BCUT2D eigenvalue weighted by Gasteiger charge is 2.40. The van der Waals surface area contributed by atoms with Crippen LogP contribution >= 0.6 is 0 Å². The molecule has 1 N–H and O–H groups in total. The van der Waals surface area contributed by atoms with E-state index in [1.165, 1.54) is 11.1 Å². The first-order chi connectivity index (χ1) is 12.3. The van der Waals surface area contributed by atoms with Crippen LogP contribution in [-0.2, 0) is 21.6 Å². The molecule has 1 amide bonds. The molecule has 1 aromatic heterocycles. The van der Waals surface area contributed by atoms with Crippen molar-refractivity contribution >= 4 is 11.7 Å². The second-order valence-corrected chi connectivity index (χ2v) is 6.68. The Bertz CT molecular complexity index is 742. The summed E-state index contributed by atoms with van der Waals surface area (Å²) in [5, 5.41) is 10.4. The Morgan fingerprint density at radius 2 is 2.04 bits per heavy atom. The van der Waals surface area contributed by atoms with Crippen molar-refractivity contribution in [3.63, 3.8) is 0 Å². The van der Waals surface area contributed by atoms with Crippen LogP contribution in [0.1, 0.15) is 24.0 Å². The molecule has 2 aliphatic rings. The van der Waals surface area contributed by atoms with Crippen LogP contribution in [0.2, 0.25) is 0 Å². The Kier molecular flexibility index (Phi) is 4.46. The van der Waals surface area contributed by atoms with Crippen LogP contribution in [0, 0.1) is 0 Å². The molecule has 4 rings (SSSR count). The van der Waals surface area contributed by atoms with Gasteiger partial charge in [-0.25, -0.2) is 0 Å². The Morgan fingerprint density at radius 1 is 1.20 bits per heavy atom. The molecule has 6 nitrogen and oxygen atoms in total. The van der Waals surface area contributed by atoms with E-state index in [1.54, 1.807) is 18.3 Å². The molecule has 1 aromatic carbocycles. The van der Waals surface area contributed by atoms with Gasteiger partial charge in [0.25, 0.3) is 0 Å². The van der Waals surface area contributed by atoms with Crippen LogP contribution in [0.15, 0.2) is 42.6 Å². The predicted molar refractivity (Wildman–Crippen MR) is 94.1 cm³/mol. The Labute approximate surface area is 147 Å². The van der Waals surface area contributed by atoms with E-state index in [2.05, 4.69) is 44.7 Å². The van der Waals surface area contributed by atoms with Gasteiger partial charge in [0, 0.05) is 19.3 Å². The largest absolute Gasteiger partial charge is 0.370 e. The minimum Gasteiger partial charge on any atom is -0.370 e. The van der Waals surface area contributed by atoms with E-state index in [-0.39, 0.29) is 11.5 Å². The van der Waals surface area contributed by atoms with Crippen molar-refractivity contribution in [2.75, 3.05) is 31.6 Å². The number of fused-ring (bicyclic) bond motifs is 2. The summed E-state index contributed by atoms with van der Waals surface area (Å²) >= 11 is 0. The fourth-order valence-electron chi connectivity index (χ4n) is 3.86. The van der Waals surface area contributed by atoms with E-state index in [9.17, 15) is 4.79 Å². The molecule has 1 fully saturated rings. The Hall–Kier alpha value is -2.31. The minimum absolute atomic E-state index is 0.0542. The molecule has 1 saturated heterocycles. The number of anilines is 1. The molecule has 0 atom stereocenters. The average Bonchev–Trinajstić information content (AvgIpc) is 2.65. The maximum atomic E-state index is 12.2. The number of likely N-dealkylation sites (tertiary alicyclic amines) is 1. The van der Waals surface area contributed by atoms with Crippen molar-refractivity contribution in [2.45, 2.75) is 24.9 Å². The van der Waals surface area contributed by atoms with Gasteiger partial charge >= 0.3 is 0 Å². The quantitative estimate of drug-likeness (QED) is 0.927. The molecule has 2 aromatic rings. The number of carbonyl (C=O) groups excluding carboxylic acids is 1. The van der Waals surface area contributed by atoms with Crippen LogP contribution in [0.4, 0.5) is 5.82 Å². The summed E-state index contributed by atoms with van der Waals surface area (Å²) in [7, 11) is 0. The van der Waals surface area contributed by atoms with Crippen LogP contribution in [-0.4, -0.2) is 47.2 Å². The standard InChI is InChI=1S/C19H22N4O2/c24-18(21-17-6-3-10-20-22-17)14-23-11-8-19(9-12-23)16-5-2-1-4-15(16)7-13-25-19/h1-6,10H,7-9,11-14H2,(H,21,22,24). The molecule has 0 radical (unpaired) electrons. The minimum atomic E-state index is -0.174. The van der Waals surface area contributed by atoms with Gasteiger partial charge in [-0.2, -0.15) is 5.10 Å². The van der Waals surface area contributed by atoms with Gasteiger partial charge in [0.2, 0.25) is 5.91 Å². The number of amides is 1. The maximum absolute atomic E-state index is 12.2. The van der Waals surface area contributed by atoms with Gasteiger partial charge in [-0.3, -0.25) is 9.69 Å². The fraction of sp³-hybridized carbons (Fsp3) is 0.421. The van der Waals surface area contributed by atoms with Gasteiger partial charge in [0.15, 0.2) is 5.82 Å². The third kappa shape index (κ3) is 3.41. The van der Waals surface area contributed by atoms with Crippen molar-refractivity contribution in [3.05, 3.63) is 53.7 Å². The van der Waals surface area contributed by atoms with Crippen LogP contribution < -0.4 is 5.32 Å². The molecule has 0 unspecified atom stereocenters. The lowest BCUT2D eigenvalue weighted by Gasteiger charge is -2.45. The van der Waals surface area contributed by atoms with Crippen molar-refractivity contribution in [3.8, 4) is 0 Å². The van der Waals surface area contributed by atoms with Gasteiger partial charge in [0.1, 0.15) is 0 Å². The summed E-state index contributed by atoms with van der Waals surface area (Å²) in [5.41, 5.74) is 2.57. The first-order valence-corrected chi connectivity index (χ1v) is 8.77. The summed E-state index contributed by atoms with van der Waals surface area (Å²) in [6, 6.07) is 12.1. The third-order valence-corrected chi connectivity index (χ3v) is 5.13. The first kappa shape index (κ1) is 16.2. The molecule has 1 spiro atoms. The van der Waals surface area contributed by atoms with Crippen molar-refractivity contribution in [1.29, 1.82) is 0 Å². The van der Waals surface area contributed by atoms with Gasteiger partial charge in [0.05, 0.1) is 18.8 Å². The third-order valence-electron chi connectivity index (χ3n) is 5.13. The Morgan fingerprint density at radius 3 is 2.84 bits per heavy atom. The average molecular weight is 338 g/mol. The number of rotatable bonds is 3. The highest BCUT2D eigenvalue weighted by Crippen LogP contribution is 2.41. The van der Waals surface area contributed by atoms with Gasteiger partial charge < -0.3 is 10.1 Å². The molecule has 0 aliphatic carbocycles. The summed E-state index contributed by atoms with van der Waals surface area (Å²) in [4.78, 5) is 14.4. The first-order valence-electron chi connectivity index (χ1n) is 8.77. The zero-order chi connectivity index (χ0) is 17.1. The molecule has 130 valence electrons. The second kappa shape index (κ2) is 6.90. The predicted octanol–water partition coefficient (Wildman–Crippen LogP) is 1.98. The van der Waals surface area contributed by atoms with Crippen LogP contribution in [0.25, 0.3) is 0 Å². The van der Waals surface area contributed by atoms with E-state index >= 15 is 0 Å². The highest BCUT2D eigenvalue weighted by molar-refractivity contribution is 5.91. The van der Waals surface area contributed by atoms with Gasteiger partial charge in [-0.15, -0.1) is 5.10 Å². The number of piperidine rings is 1. The maximum Gasteiger partial charge on any atom is 0.239 e. The van der Waals surface area contributed by atoms with Gasteiger partial charge in [-0.1, -0.05) is 24.3 Å². The SMILES string of the molecule is O=C(CN1CCC2(CC1)OCCc1ccccc12)Nc1cccnn1. The van der Waals surface area contributed by atoms with Gasteiger partial charge in [-0.05, 0) is 42.5 Å². The lowest BCUT2D eigenvalue weighted by Crippen LogP contribution is -2.48. The number of nitrogens with one attached hydrogen (secondary N) is 1. The summed E-state index contributed by atoms with van der Waals surface area (Å²) in [6.07, 6.45) is 4.41. The summed E-state index contributed by atoms with van der Waals surface area (Å²) in [5.74, 6) is 0.437. The lowest BCUT2D eigenvalue weighted by molar-refractivity contribution is -0.121. The smallest absolute Gasteiger partial charge is 0.239 e. The number of ether oxygens (including phenoxy) is 1. The van der Waals surface area contributed by atoms with Crippen LogP contribution in [0.5, 0.6) is 0 Å². The number of hydrogen-bond donors (Lipinski definition) is 1. The van der Waals surface area contributed by atoms with E-state index in [4.69, 9.17) is 4.74 Å². The topological polar surface area (TPSA) is 67.3 Å². The zero-order valence-corrected chi connectivity index (χ0v) is 14.1. The normalized spacial score (nSPS) is 19.4. The molecule has 25 heavy (non-hydrogen) atoms. The number of benzene rings is 1. The van der Waals surface area contributed by atoms with E-state index in [0.717, 1.165) is 39.0 Å². The molecule has 0 bridgehead atoms. The summed E-state index contributed by atoms with van der Waals surface area (Å²) < 4.78 is 6.24. The van der Waals surface area contributed by atoms with Crippen molar-refractivity contribution in [2.24, 2.45) is 0 Å². The fourth-order valence-corrected chi connectivity index (χ4v) is 3.86. The number of hydrogen-bond acceptors (Lipinski definition) is 5. The summed E-state index contributed by atoms with van der Waals surface area (Å²) in [6.45, 7) is 2.85. The Balaban J connectivity index is 1.37. The van der Waals surface area contributed by atoms with Crippen LogP contribution in [0.3, 0.4) is 0 Å². The van der Waals surface area contributed by atoms with E-state index in [1.807, 2.05) is 0 Å². The molecule has 6 heteroatoms. The molecule has 2 aliphatic heterocycles. The molecular weight excluding hydrogens is 316 g/mol. The lowest BCUT2D eigenvalue weighted by atomic mass is 9.79. The van der Waals surface area contributed by atoms with Crippen molar-refractivity contribution < 1.29 is 9.53 Å². The molecular formula is C19H22N4O2. The monoisotopic (exact) mass is 338 g/mol.